The number of aliphatic hydroxyl groups excluding tert-OH is 3. The quantitative estimate of drug-likeness (QED) is 0.455. The van der Waals surface area contributed by atoms with Crippen molar-refractivity contribution >= 4 is 21.8 Å². The van der Waals surface area contributed by atoms with Gasteiger partial charge >= 0.3 is 0 Å². The van der Waals surface area contributed by atoms with E-state index in [-0.39, 0.29) is 6.54 Å². The first-order valence-electron chi connectivity index (χ1n) is 8.65. The minimum atomic E-state index is -4.16. The van der Waals surface area contributed by atoms with Gasteiger partial charge in [0.15, 0.2) is 4.91 Å². The largest absolute Gasteiger partial charge is 0.388 e. The minimum Gasteiger partial charge on any atom is -0.388 e. The van der Waals surface area contributed by atoms with Gasteiger partial charge in [0.1, 0.15) is 30.5 Å². The Morgan fingerprint density at radius 3 is 2.36 bits per heavy atom. The maximum atomic E-state index is 12.5. The Balaban J connectivity index is 2.12. The van der Waals surface area contributed by atoms with E-state index in [1.165, 1.54) is 13.0 Å². The Kier molecular flexibility index (Phi) is 7.16. The first-order valence-corrected chi connectivity index (χ1v) is 10.1. The maximum absolute atomic E-state index is 12.5. The molecule has 1 aromatic rings. The molecule has 0 aliphatic carbocycles. The van der Waals surface area contributed by atoms with Gasteiger partial charge in [-0.1, -0.05) is 12.1 Å². The van der Waals surface area contributed by atoms with E-state index in [1.807, 2.05) is 19.0 Å². The lowest BCUT2D eigenvalue weighted by Crippen LogP contribution is -2.59. The normalized spacial score (nSPS) is 28.6. The molecule has 1 fully saturated rings. The molecule has 0 radical (unpaired) electrons. The van der Waals surface area contributed by atoms with Gasteiger partial charge in [-0.3, -0.25) is 0 Å². The average molecular weight is 411 g/mol. The maximum Gasteiger partial charge on any atom is 0.250 e. The molecule has 4 N–H and O–H groups in total. The van der Waals surface area contributed by atoms with Gasteiger partial charge in [-0.05, 0) is 30.7 Å². The number of aliphatic hydroxyl groups is 3. The van der Waals surface area contributed by atoms with Crippen LogP contribution in [0.3, 0.4) is 0 Å². The summed E-state index contributed by atoms with van der Waals surface area (Å²) in [6.07, 6.45) is -4.82. The number of nitrogens with one attached hydrogen (secondary N) is 1. The van der Waals surface area contributed by atoms with Gasteiger partial charge in [-0.25, -0.2) is 13.1 Å². The topological polar surface area (TPSA) is 143 Å². The molecule has 1 aliphatic heterocycles. The van der Waals surface area contributed by atoms with Crippen LogP contribution in [0.4, 0.5) is 5.69 Å². The number of hydrogen-bond donors (Lipinski definition) is 4. The molecular formula is C18H25N3O6S. The van der Waals surface area contributed by atoms with E-state index in [1.54, 1.807) is 30.3 Å². The number of anilines is 1. The molecule has 10 heteroatoms. The Morgan fingerprint density at radius 2 is 1.82 bits per heavy atom. The molecule has 5 atom stereocenters. The number of ether oxygens (including phenoxy) is 1. The molecule has 9 nitrogen and oxygen atoms in total. The summed E-state index contributed by atoms with van der Waals surface area (Å²) in [6.45, 7) is 1.13. The lowest BCUT2D eigenvalue weighted by Gasteiger charge is -2.39. The summed E-state index contributed by atoms with van der Waals surface area (Å²) in [7, 11) is -0.417. The SMILES string of the molecule is CC1OC(CNS(=O)(=O)C(C#N)=Cc2ccc(N(C)C)cc2)C(O)C(O)C1O. The third kappa shape index (κ3) is 5.08. The number of allylic oxidation sites excluding steroid dienone is 1. The number of sulfonamides is 1. The zero-order valence-corrected chi connectivity index (χ0v) is 16.7. The monoisotopic (exact) mass is 411 g/mol. The highest BCUT2D eigenvalue weighted by atomic mass is 32.2. The summed E-state index contributed by atoms with van der Waals surface area (Å²) in [4.78, 5) is 1.39. The smallest absolute Gasteiger partial charge is 0.250 e. The highest BCUT2D eigenvalue weighted by Gasteiger charge is 2.42. The van der Waals surface area contributed by atoms with Crippen LogP contribution in [0.25, 0.3) is 6.08 Å². The van der Waals surface area contributed by atoms with E-state index in [2.05, 4.69) is 4.72 Å². The summed E-state index contributed by atoms with van der Waals surface area (Å²) in [6, 6.07) is 8.63. The minimum absolute atomic E-state index is 0.365. The van der Waals surface area contributed by atoms with Crippen molar-refractivity contribution in [2.45, 2.75) is 37.4 Å². The van der Waals surface area contributed by atoms with Crippen LogP contribution in [0.2, 0.25) is 0 Å². The Bertz CT molecular complexity index is 847. The Hall–Kier alpha value is -2.00. The van der Waals surface area contributed by atoms with E-state index in [9.17, 15) is 29.0 Å². The first-order chi connectivity index (χ1) is 13.1. The fourth-order valence-corrected chi connectivity index (χ4v) is 3.72. The van der Waals surface area contributed by atoms with Gasteiger partial charge in [0.25, 0.3) is 10.0 Å². The fourth-order valence-electron chi connectivity index (χ4n) is 2.76. The summed E-state index contributed by atoms with van der Waals surface area (Å²) in [5.74, 6) is 0. The molecule has 0 spiro atoms. The van der Waals surface area contributed by atoms with E-state index < -0.39 is 45.4 Å². The molecule has 0 bridgehead atoms. The number of rotatable bonds is 6. The third-order valence-corrected chi connectivity index (χ3v) is 5.87. The van der Waals surface area contributed by atoms with Crippen LogP contribution in [0.5, 0.6) is 0 Å². The molecule has 28 heavy (non-hydrogen) atoms. The zero-order valence-electron chi connectivity index (χ0n) is 15.8. The number of nitriles is 1. The van der Waals surface area contributed by atoms with Crippen LogP contribution >= 0.6 is 0 Å². The Labute approximate surface area is 164 Å². The van der Waals surface area contributed by atoms with E-state index in [4.69, 9.17) is 4.74 Å². The predicted octanol–water partition coefficient (Wildman–Crippen LogP) is -0.594. The van der Waals surface area contributed by atoms with E-state index in [0.29, 0.717) is 5.56 Å². The van der Waals surface area contributed by atoms with Crippen molar-refractivity contribution < 1.29 is 28.5 Å². The molecule has 0 aromatic heterocycles. The van der Waals surface area contributed by atoms with Crippen LogP contribution in [0.1, 0.15) is 12.5 Å². The van der Waals surface area contributed by atoms with E-state index >= 15 is 0 Å². The summed E-state index contributed by atoms with van der Waals surface area (Å²) in [5, 5.41) is 38.7. The van der Waals surface area contributed by atoms with Crippen molar-refractivity contribution in [2.24, 2.45) is 0 Å². The zero-order chi connectivity index (χ0) is 21.1. The van der Waals surface area contributed by atoms with Crippen molar-refractivity contribution in [3.05, 3.63) is 34.7 Å². The number of nitrogens with zero attached hydrogens (tertiary/aromatic N) is 2. The van der Waals surface area contributed by atoms with Crippen LogP contribution in [-0.2, 0) is 14.8 Å². The lowest BCUT2D eigenvalue weighted by atomic mass is 9.96. The van der Waals surface area contributed by atoms with Gasteiger partial charge < -0.3 is 25.0 Å². The number of benzene rings is 1. The second kappa shape index (κ2) is 9.00. The van der Waals surface area contributed by atoms with Gasteiger partial charge in [-0.2, -0.15) is 5.26 Å². The van der Waals surface area contributed by atoms with Crippen molar-refractivity contribution in [1.29, 1.82) is 5.26 Å². The van der Waals surface area contributed by atoms with Crippen LogP contribution < -0.4 is 9.62 Å². The van der Waals surface area contributed by atoms with Gasteiger partial charge in [0.05, 0.1) is 6.10 Å². The van der Waals surface area contributed by atoms with Crippen molar-refractivity contribution in [3.63, 3.8) is 0 Å². The fraction of sp³-hybridized carbons (Fsp3) is 0.500. The molecule has 154 valence electrons. The van der Waals surface area contributed by atoms with Crippen LogP contribution in [0.15, 0.2) is 29.2 Å². The molecule has 1 saturated heterocycles. The average Bonchev–Trinajstić information content (AvgIpc) is 2.66. The first kappa shape index (κ1) is 22.3. The molecule has 1 aromatic carbocycles. The highest BCUT2D eigenvalue weighted by Crippen LogP contribution is 2.21. The molecule has 1 heterocycles. The van der Waals surface area contributed by atoms with Crippen molar-refractivity contribution in [2.75, 3.05) is 25.5 Å². The Morgan fingerprint density at radius 1 is 1.21 bits per heavy atom. The molecule has 1 aliphatic rings. The number of hydrogen-bond acceptors (Lipinski definition) is 8. The van der Waals surface area contributed by atoms with Gasteiger partial charge in [-0.15, -0.1) is 0 Å². The van der Waals surface area contributed by atoms with Gasteiger partial charge in [0.2, 0.25) is 0 Å². The van der Waals surface area contributed by atoms with Crippen LogP contribution in [0, 0.1) is 11.3 Å². The highest BCUT2D eigenvalue weighted by molar-refractivity contribution is 7.93. The molecule has 0 amide bonds. The lowest BCUT2D eigenvalue weighted by molar-refractivity contribution is -0.214. The second-order valence-corrected chi connectivity index (χ2v) is 8.55. The van der Waals surface area contributed by atoms with Crippen molar-refractivity contribution in [1.82, 2.24) is 4.72 Å². The van der Waals surface area contributed by atoms with Crippen LogP contribution in [-0.4, -0.2) is 74.9 Å². The summed E-state index contributed by atoms with van der Waals surface area (Å²) < 4.78 is 32.5. The molecular weight excluding hydrogens is 386 g/mol. The standard InChI is InChI=1S/C18H25N3O6S/c1-11-16(22)18(24)17(23)15(27-11)10-20-28(25,26)14(9-19)8-12-4-6-13(7-5-12)21(2)3/h4-8,11,15-18,20,22-24H,10H2,1-3H3. The molecule has 2 rings (SSSR count). The predicted molar refractivity (Wildman–Crippen MR) is 104 cm³/mol. The van der Waals surface area contributed by atoms with Gasteiger partial charge in [0, 0.05) is 26.3 Å². The second-order valence-electron chi connectivity index (χ2n) is 6.81. The van der Waals surface area contributed by atoms with Crippen molar-refractivity contribution in [3.8, 4) is 6.07 Å². The van der Waals surface area contributed by atoms with E-state index in [0.717, 1.165) is 5.69 Å². The summed E-state index contributed by atoms with van der Waals surface area (Å²) >= 11 is 0. The molecule has 0 saturated carbocycles. The summed E-state index contributed by atoms with van der Waals surface area (Å²) in [5.41, 5.74) is 1.46. The third-order valence-electron chi connectivity index (χ3n) is 4.53. The molecule has 5 unspecified atom stereocenters.